The molecular weight excluding hydrogens is 274 g/mol. The van der Waals surface area contributed by atoms with Crippen molar-refractivity contribution in [2.24, 2.45) is 7.05 Å². The average molecular weight is 286 g/mol. The lowest BCUT2D eigenvalue weighted by Gasteiger charge is -2.02. The summed E-state index contributed by atoms with van der Waals surface area (Å²) in [5.41, 5.74) is 0.803. The van der Waals surface area contributed by atoms with E-state index in [1.54, 1.807) is 10.9 Å². The first-order valence-corrected chi connectivity index (χ1v) is 6.69. The molecule has 0 saturated carbocycles. The van der Waals surface area contributed by atoms with Crippen LogP contribution in [0.3, 0.4) is 0 Å². The van der Waals surface area contributed by atoms with E-state index in [1.807, 2.05) is 12.4 Å². The van der Waals surface area contributed by atoms with Crippen LogP contribution in [-0.2, 0) is 30.7 Å². The number of hydrogen-bond donors (Lipinski definition) is 1. The lowest BCUT2D eigenvalue weighted by atomic mass is 10.4. The van der Waals surface area contributed by atoms with Gasteiger partial charge in [-0.1, -0.05) is 0 Å². The van der Waals surface area contributed by atoms with E-state index in [-0.39, 0.29) is 12.3 Å². The van der Waals surface area contributed by atoms with Crippen molar-refractivity contribution >= 4 is 28.8 Å². The molecule has 1 N–H and O–H groups in total. The molecule has 0 unspecified atom stereocenters. The van der Waals surface area contributed by atoms with Gasteiger partial charge in [0.05, 0.1) is 24.5 Å². The Labute approximate surface area is 113 Å². The van der Waals surface area contributed by atoms with Crippen molar-refractivity contribution in [3.63, 3.8) is 0 Å². The van der Waals surface area contributed by atoms with Crippen molar-refractivity contribution in [3.8, 4) is 0 Å². The molecule has 0 atom stereocenters. The molecule has 8 heteroatoms. The topological polar surface area (TPSA) is 72.7 Å². The number of nitrogens with one attached hydrogen (secondary N) is 1. The SMILES string of the molecule is Cn1cnnc1CNC(=O)Cc1nc(CCl)cs1. The largest absolute Gasteiger partial charge is 0.348 e. The zero-order chi connectivity index (χ0) is 13.0. The quantitative estimate of drug-likeness (QED) is 0.828. The van der Waals surface area contributed by atoms with Crippen molar-refractivity contribution in [3.05, 3.63) is 28.2 Å². The second-order valence-corrected chi connectivity index (χ2v) is 4.89. The fraction of sp³-hybridized carbons (Fsp3) is 0.400. The zero-order valence-corrected chi connectivity index (χ0v) is 11.3. The number of aryl methyl sites for hydroxylation is 1. The second-order valence-electron chi connectivity index (χ2n) is 3.68. The van der Waals surface area contributed by atoms with Crippen LogP contribution in [0.25, 0.3) is 0 Å². The molecule has 6 nitrogen and oxygen atoms in total. The third-order valence-electron chi connectivity index (χ3n) is 2.30. The minimum atomic E-state index is -0.0894. The fourth-order valence-electron chi connectivity index (χ4n) is 1.34. The molecule has 0 aliphatic rings. The molecule has 2 aromatic heterocycles. The lowest BCUT2D eigenvalue weighted by Crippen LogP contribution is -2.25. The number of nitrogens with zero attached hydrogens (tertiary/aromatic N) is 4. The molecule has 1 amide bonds. The zero-order valence-electron chi connectivity index (χ0n) is 9.76. The van der Waals surface area contributed by atoms with E-state index in [1.165, 1.54) is 11.3 Å². The van der Waals surface area contributed by atoms with Crippen molar-refractivity contribution in [2.75, 3.05) is 0 Å². The molecule has 2 heterocycles. The summed E-state index contributed by atoms with van der Waals surface area (Å²) in [6, 6.07) is 0. The van der Waals surface area contributed by atoms with Crippen LogP contribution < -0.4 is 5.32 Å². The van der Waals surface area contributed by atoms with E-state index in [4.69, 9.17) is 11.6 Å². The lowest BCUT2D eigenvalue weighted by molar-refractivity contribution is -0.120. The summed E-state index contributed by atoms with van der Waals surface area (Å²) in [6.07, 6.45) is 1.86. The van der Waals surface area contributed by atoms with Crippen LogP contribution in [0.15, 0.2) is 11.7 Å². The van der Waals surface area contributed by atoms with E-state index >= 15 is 0 Å². The molecule has 0 bridgehead atoms. The van der Waals surface area contributed by atoms with Gasteiger partial charge >= 0.3 is 0 Å². The van der Waals surface area contributed by atoms with Crippen LogP contribution in [0.1, 0.15) is 16.5 Å². The summed E-state index contributed by atoms with van der Waals surface area (Å²) < 4.78 is 1.76. The van der Waals surface area contributed by atoms with Crippen LogP contribution in [0.2, 0.25) is 0 Å². The van der Waals surface area contributed by atoms with Crippen LogP contribution in [0.4, 0.5) is 0 Å². The highest BCUT2D eigenvalue weighted by molar-refractivity contribution is 7.09. The van der Waals surface area contributed by atoms with Gasteiger partial charge in [0.25, 0.3) is 0 Å². The van der Waals surface area contributed by atoms with Crippen LogP contribution in [0, 0.1) is 0 Å². The Morgan fingerprint density at radius 3 is 3.06 bits per heavy atom. The standard InChI is InChI=1S/C10H12ClN5OS/c1-16-6-13-15-8(16)4-12-9(17)2-10-14-7(3-11)5-18-10/h5-6H,2-4H2,1H3,(H,12,17). The first-order chi connectivity index (χ1) is 8.69. The Morgan fingerprint density at radius 2 is 2.44 bits per heavy atom. The number of aromatic nitrogens is 4. The minimum Gasteiger partial charge on any atom is -0.348 e. The van der Waals surface area contributed by atoms with E-state index in [9.17, 15) is 4.79 Å². The normalized spacial score (nSPS) is 10.6. The smallest absolute Gasteiger partial charge is 0.227 e. The third kappa shape index (κ3) is 3.27. The number of halogens is 1. The first kappa shape index (κ1) is 13.0. The number of thiazole rings is 1. The Bertz CT molecular complexity index is 538. The third-order valence-corrected chi connectivity index (χ3v) is 3.47. The first-order valence-electron chi connectivity index (χ1n) is 5.28. The summed E-state index contributed by atoms with van der Waals surface area (Å²) >= 11 is 7.09. The van der Waals surface area contributed by atoms with Crippen molar-refractivity contribution in [2.45, 2.75) is 18.8 Å². The maximum Gasteiger partial charge on any atom is 0.227 e. The van der Waals surface area contributed by atoms with Gasteiger partial charge < -0.3 is 9.88 Å². The predicted molar refractivity (Wildman–Crippen MR) is 68.2 cm³/mol. The summed E-state index contributed by atoms with van der Waals surface area (Å²) in [6.45, 7) is 0.364. The van der Waals surface area contributed by atoms with E-state index in [2.05, 4.69) is 20.5 Å². The summed E-state index contributed by atoms with van der Waals surface area (Å²) in [5.74, 6) is 0.995. The average Bonchev–Trinajstić information content (AvgIpc) is 2.96. The molecular formula is C10H12ClN5OS. The second kappa shape index (κ2) is 5.92. The maximum absolute atomic E-state index is 11.7. The van der Waals surface area contributed by atoms with Crippen molar-refractivity contribution in [1.29, 1.82) is 0 Å². The molecule has 0 aromatic carbocycles. The fourth-order valence-corrected chi connectivity index (χ4v) is 2.36. The van der Waals surface area contributed by atoms with E-state index in [0.717, 1.165) is 10.7 Å². The molecule has 0 fully saturated rings. The van der Waals surface area contributed by atoms with Gasteiger partial charge in [-0.15, -0.1) is 33.1 Å². The van der Waals surface area contributed by atoms with Crippen LogP contribution in [-0.4, -0.2) is 25.7 Å². The molecule has 0 spiro atoms. The highest BCUT2D eigenvalue weighted by Crippen LogP contribution is 2.12. The molecule has 18 heavy (non-hydrogen) atoms. The number of carbonyl (C=O) groups excluding carboxylic acids is 1. The van der Waals surface area contributed by atoms with Crippen molar-refractivity contribution in [1.82, 2.24) is 25.1 Å². The van der Waals surface area contributed by atoms with Gasteiger partial charge in [-0.25, -0.2) is 4.98 Å². The Morgan fingerprint density at radius 1 is 1.61 bits per heavy atom. The number of carbonyl (C=O) groups is 1. The van der Waals surface area contributed by atoms with E-state index < -0.39 is 0 Å². The summed E-state index contributed by atoms with van der Waals surface area (Å²) in [5, 5.41) is 13.0. The molecule has 0 aliphatic heterocycles. The highest BCUT2D eigenvalue weighted by Gasteiger charge is 2.08. The van der Waals surface area contributed by atoms with Gasteiger partial charge in [0, 0.05) is 12.4 Å². The molecule has 2 rings (SSSR count). The maximum atomic E-state index is 11.7. The van der Waals surface area contributed by atoms with Gasteiger partial charge in [0.2, 0.25) is 5.91 Å². The van der Waals surface area contributed by atoms with E-state index in [0.29, 0.717) is 18.2 Å². The predicted octanol–water partition coefficient (Wildman–Crippen LogP) is 0.869. The van der Waals surface area contributed by atoms with Crippen LogP contribution >= 0.6 is 22.9 Å². The molecule has 0 aliphatic carbocycles. The highest BCUT2D eigenvalue weighted by atomic mass is 35.5. The molecule has 0 saturated heterocycles. The Hall–Kier alpha value is -1.47. The number of hydrogen-bond acceptors (Lipinski definition) is 5. The number of amides is 1. The minimum absolute atomic E-state index is 0.0894. The number of alkyl halides is 1. The molecule has 96 valence electrons. The Balaban J connectivity index is 1.84. The molecule has 2 aromatic rings. The van der Waals surface area contributed by atoms with Gasteiger partial charge in [-0.05, 0) is 0 Å². The van der Waals surface area contributed by atoms with Gasteiger partial charge in [-0.2, -0.15) is 0 Å². The van der Waals surface area contributed by atoms with Gasteiger partial charge in [-0.3, -0.25) is 4.79 Å². The number of rotatable bonds is 5. The van der Waals surface area contributed by atoms with Crippen molar-refractivity contribution < 1.29 is 4.79 Å². The Kier molecular flexibility index (Phi) is 4.27. The van der Waals surface area contributed by atoms with Crippen LogP contribution in [0.5, 0.6) is 0 Å². The van der Waals surface area contributed by atoms with Gasteiger partial charge in [0.15, 0.2) is 5.82 Å². The van der Waals surface area contributed by atoms with Gasteiger partial charge in [0.1, 0.15) is 11.3 Å². The molecule has 0 radical (unpaired) electrons. The summed E-state index contributed by atoms with van der Waals surface area (Å²) in [7, 11) is 1.83. The summed E-state index contributed by atoms with van der Waals surface area (Å²) in [4.78, 5) is 15.9. The monoisotopic (exact) mass is 285 g/mol.